The van der Waals surface area contributed by atoms with E-state index in [-0.39, 0.29) is 10.8 Å². The van der Waals surface area contributed by atoms with Crippen LogP contribution in [-0.2, 0) is 10.8 Å². The monoisotopic (exact) mass is 322 g/mol. The van der Waals surface area contributed by atoms with E-state index < -0.39 is 12.2 Å². The Hall–Kier alpha value is -0.510. The van der Waals surface area contributed by atoms with Gasteiger partial charge in [0.05, 0.1) is 6.10 Å². The zero-order valence-corrected chi connectivity index (χ0v) is 15.4. The van der Waals surface area contributed by atoms with Gasteiger partial charge in [-0.2, -0.15) is 12.6 Å². The molecule has 1 aromatic carbocycles. The van der Waals surface area contributed by atoms with E-state index >= 15 is 0 Å². The molecule has 0 bridgehead atoms. The van der Waals surface area contributed by atoms with Crippen molar-refractivity contribution in [3.63, 3.8) is 0 Å². The minimum Gasteiger partial charge on any atom is -0.390 e. The smallest absolute Gasteiger partial charge is 0.105 e. The lowest BCUT2D eigenvalue weighted by molar-refractivity contribution is 0.0167. The Morgan fingerprint density at radius 1 is 1.05 bits per heavy atom. The van der Waals surface area contributed by atoms with Crippen LogP contribution in [0.25, 0.3) is 0 Å². The Morgan fingerprint density at radius 3 is 2.05 bits per heavy atom. The van der Waals surface area contributed by atoms with E-state index in [0.717, 1.165) is 17.5 Å². The van der Waals surface area contributed by atoms with Crippen molar-refractivity contribution in [2.45, 2.75) is 76.9 Å². The minimum atomic E-state index is -0.835. The highest BCUT2D eigenvalue weighted by Crippen LogP contribution is 2.47. The average molecular weight is 323 g/mol. The Balaban J connectivity index is 2.52. The number of thiol groups is 1. The van der Waals surface area contributed by atoms with Crippen LogP contribution in [0.4, 0.5) is 0 Å². The highest BCUT2D eigenvalue weighted by molar-refractivity contribution is 7.80. The summed E-state index contributed by atoms with van der Waals surface area (Å²) in [6, 6.07) is 4.36. The quantitative estimate of drug-likeness (QED) is 0.732. The third-order valence-electron chi connectivity index (χ3n) is 5.35. The Morgan fingerprint density at radius 2 is 1.55 bits per heavy atom. The summed E-state index contributed by atoms with van der Waals surface area (Å²) in [5.74, 6) is 0.570. The predicted molar refractivity (Wildman–Crippen MR) is 95.9 cm³/mol. The van der Waals surface area contributed by atoms with Crippen molar-refractivity contribution in [3.8, 4) is 0 Å². The third kappa shape index (κ3) is 3.22. The van der Waals surface area contributed by atoms with E-state index in [1.807, 2.05) is 6.92 Å². The summed E-state index contributed by atoms with van der Waals surface area (Å²) >= 11 is 4.15. The number of fused-ring (bicyclic) bond motifs is 1. The van der Waals surface area contributed by atoms with Gasteiger partial charge in [-0.1, -0.05) is 39.8 Å². The van der Waals surface area contributed by atoms with Crippen LogP contribution >= 0.6 is 12.6 Å². The molecule has 2 nitrogen and oxygen atoms in total. The van der Waals surface area contributed by atoms with Crippen molar-refractivity contribution in [3.05, 3.63) is 34.4 Å². The van der Waals surface area contributed by atoms with E-state index in [1.165, 1.54) is 17.5 Å². The highest BCUT2D eigenvalue weighted by atomic mass is 32.1. The molecule has 0 aromatic heterocycles. The predicted octanol–water partition coefficient (Wildman–Crippen LogP) is 4.06. The molecule has 0 fully saturated rings. The maximum Gasteiger partial charge on any atom is 0.105 e. The molecule has 124 valence electrons. The number of hydrogen-bond donors (Lipinski definition) is 3. The molecule has 2 N–H and O–H groups in total. The van der Waals surface area contributed by atoms with Crippen molar-refractivity contribution >= 4 is 12.6 Å². The first-order valence-corrected chi connectivity index (χ1v) is 8.86. The van der Waals surface area contributed by atoms with E-state index in [4.69, 9.17) is 0 Å². The van der Waals surface area contributed by atoms with Gasteiger partial charge in [-0.15, -0.1) is 0 Å². The maximum atomic E-state index is 10.5. The third-order valence-corrected chi connectivity index (χ3v) is 5.61. The first-order chi connectivity index (χ1) is 10.1. The molecule has 1 aromatic rings. The van der Waals surface area contributed by atoms with Crippen LogP contribution in [0.1, 0.15) is 75.3 Å². The number of benzene rings is 1. The Bertz CT molecular complexity index is 549. The number of aliphatic hydroxyl groups excluding tert-OH is 2. The summed E-state index contributed by atoms with van der Waals surface area (Å²) in [5.41, 5.74) is 4.92. The summed E-state index contributed by atoms with van der Waals surface area (Å²) in [6.07, 6.45) is 1.23. The summed E-state index contributed by atoms with van der Waals surface area (Å²) in [5, 5.41) is 20.7. The van der Waals surface area contributed by atoms with Crippen LogP contribution in [0.3, 0.4) is 0 Å². The van der Waals surface area contributed by atoms with Gasteiger partial charge in [0.1, 0.15) is 6.10 Å². The summed E-state index contributed by atoms with van der Waals surface area (Å²) < 4.78 is 0. The largest absolute Gasteiger partial charge is 0.390 e. The molecule has 0 aliphatic heterocycles. The van der Waals surface area contributed by atoms with Crippen LogP contribution < -0.4 is 0 Å². The van der Waals surface area contributed by atoms with E-state index in [0.29, 0.717) is 12.2 Å². The van der Waals surface area contributed by atoms with Gasteiger partial charge in [0.25, 0.3) is 0 Å². The molecule has 3 heteroatoms. The van der Waals surface area contributed by atoms with Gasteiger partial charge < -0.3 is 10.2 Å². The maximum absolute atomic E-state index is 10.5. The van der Waals surface area contributed by atoms with Crippen LogP contribution in [0.2, 0.25) is 0 Å². The topological polar surface area (TPSA) is 40.5 Å². The van der Waals surface area contributed by atoms with Gasteiger partial charge in [-0.25, -0.2) is 0 Å². The molecule has 0 heterocycles. The van der Waals surface area contributed by atoms with Crippen LogP contribution in [0.5, 0.6) is 0 Å². The molecule has 1 aliphatic carbocycles. The summed E-state index contributed by atoms with van der Waals surface area (Å²) in [4.78, 5) is 0. The van der Waals surface area contributed by atoms with E-state index in [2.05, 4.69) is 52.5 Å². The average Bonchev–Trinajstić information content (AvgIpc) is 2.43. The molecule has 2 unspecified atom stereocenters. The first kappa shape index (κ1) is 17.8. The number of aryl methyl sites for hydroxylation is 1. The second-order valence-corrected chi connectivity index (χ2v) is 8.49. The first-order valence-electron chi connectivity index (χ1n) is 8.22. The van der Waals surface area contributed by atoms with Crippen LogP contribution in [-0.4, -0.2) is 22.1 Å². The van der Waals surface area contributed by atoms with E-state index in [9.17, 15) is 10.2 Å². The standard InChI is InChI=1S/C19H30O2S/c1-12-10-14-15(19(4,5)8-7-18(14,2)3)11-13(12)17(21)16(20)6-9-22/h10-11,16-17,20-22H,6-9H2,1-5H3. The lowest BCUT2D eigenvalue weighted by Crippen LogP contribution is -2.34. The van der Waals surface area contributed by atoms with Crippen molar-refractivity contribution in [2.24, 2.45) is 0 Å². The molecule has 0 amide bonds. The molecule has 2 atom stereocenters. The normalized spacial score (nSPS) is 22.0. The summed E-state index contributed by atoms with van der Waals surface area (Å²) in [6.45, 7) is 11.2. The Labute approximate surface area is 140 Å². The molecule has 22 heavy (non-hydrogen) atoms. The fourth-order valence-electron chi connectivity index (χ4n) is 3.55. The van der Waals surface area contributed by atoms with Crippen molar-refractivity contribution in [1.82, 2.24) is 0 Å². The van der Waals surface area contributed by atoms with Gasteiger partial charge in [0.15, 0.2) is 0 Å². The fourth-order valence-corrected chi connectivity index (χ4v) is 3.82. The molecule has 0 saturated carbocycles. The van der Waals surface area contributed by atoms with Crippen molar-refractivity contribution < 1.29 is 10.2 Å². The minimum absolute atomic E-state index is 0.113. The van der Waals surface area contributed by atoms with Gasteiger partial charge >= 0.3 is 0 Å². The zero-order valence-electron chi connectivity index (χ0n) is 14.5. The second kappa shape index (κ2) is 6.18. The molecule has 0 spiro atoms. The van der Waals surface area contributed by atoms with Crippen LogP contribution in [0.15, 0.2) is 12.1 Å². The molecule has 0 radical (unpaired) electrons. The van der Waals surface area contributed by atoms with Gasteiger partial charge in [-0.3, -0.25) is 0 Å². The molecule has 1 aliphatic rings. The number of hydrogen-bond acceptors (Lipinski definition) is 3. The van der Waals surface area contributed by atoms with E-state index in [1.54, 1.807) is 0 Å². The molecule has 2 rings (SSSR count). The fraction of sp³-hybridized carbons (Fsp3) is 0.684. The second-order valence-electron chi connectivity index (χ2n) is 8.05. The highest BCUT2D eigenvalue weighted by Gasteiger charge is 2.38. The molecular formula is C19H30O2S. The van der Waals surface area contributed by atoms with Crippen LogP contribution in [0, 0.1) is 6.92 Å². The number of aliphatic hydroxyl groups is 2. The molecular weight excluding hydrogens is 292 g/mol. The Kier molecular flexibility index (Phi) is 5.01. The SMILES string of the molecule is Cc1cc2c(cc1C(O)C(O)CCS)C(C)(C)CCC2(C)C. The van der Waals surface area contributed by atoms with Crippen molar-refractivity contribution in [1.29, 1.82) is 0 Å². The van der Waals surface area contributed by atoms with Gasteiger partial charge in [0, 0.05) is 0 Å². The zero-order chi connectivity index (χ0) is 16.7. The lowest BCUT2D eigenvalue weighted by atomic mass is 9.62. The summed E-state index contributed by atoms with van der Waals surface area (Å²) in [7, 11) is 0. The van der Waals surface area contributed by atoms with Crippen molar-refractivity contribution in [2.75, 3.05) is 5.75 Å². The van der Waals surface area contributed by atoms with Gasteiger partial charge in [-0.05, 0) is 65.0 Å². The molecule has 0 saturated heterocycles. The lowest BCUT2D eigenvalue weighted by Gasteiger charge is -2.42. The number of rotatable bonds is 4. The van der Waals surface area contributed by atoms with Gasteiger partial charge in [0.2, 0.25) is 0 Å².